The van der Waals surface area contributed by atoms with E-state index in [1.165, 1.54) is 0 Å². The lowest BCUT2D eigenvalue weighted by Crippen LogP contribution is -2.56. The molecular weight excluding hydrogens is 350 g/mol. The molecule has 1 saturated carbocycles. The minimum absolute atomic E-state index is 0.00186. The van der Waals surface area contributed by atoms with E-state index in [4.69, 9.17) is 9.37 Å². The van der Waals surface area contributed by atoms with Crippen LogP contribution in [0.25, 0.3) is 0 Å². The third-order valence-corrected chi connectivity index (χ3v) is 5.80. The zero-order valence-electron chi connectivity index (χ0n) is 16.5. The van der Waals surface area contributed by atoms with Crippen LogP contribution in [0.1, 0.15) is 37.1 Å². The van der Waals surface area contributed by atoms with E-state index < -0.39 is 0 Å². The number of fused-ring (bicyclic) bond motifs is 1. The van der Waals surface area contributed by atoms with E-state index in [2.05, 4.69) is 15.6 Å². The quantitative estimate of drug-likeness (QED) is 0.750. The van der Waals surface area contributed by atoms with Crippen LogP contribution in [0, 0.1) is 6.92 Å². The number of carbonyl (C=O) groups is 2. The first-order valence-electron chi connectivity index (χ1n) is 9.41. The van der Waals surface area contributed by atoms with Crippen molar-refractivity contribution >= 4 is 11.8 Å². The van der Waals surface area contributed by atoms with Crippen LogP contribution >= 0.6 is 0 Å². The van der Waals surface area contributed by atoms with Gasteiger partial charge in [0.05, 0.1) is 24.6 Å². The zero-order valence-corrected chi connectivity index (χ0v) is 16.5. The fraction of sp³-hybridized carbons (Fsp3) is 0.778. The van der Waals surface area contributed by atoms with E-state index in [0.29, 0.717) is 30.9 Å². The Hall–Kier alpha value is -2.00. The number of rotatable bonds is 6. The average molecular weight is 379 g/mol. The number of likely N-dealkylation sites (tertiary alicyclic amines) is 1. The Morgan fingerprint density at radius 1 is 1.37 bits per heavy atom. The molecule has 1 aromatic heterocycles. The van der Waals surface area contributed by atoms with Crippen molar-refractivity contribution in [2.75, 3.05) is 34.3 Å². The molecule has 2 heterocycles. The van der Waals surface area contributed by atoms with Crippen LogP contribution in [0.2, 0.25) is 0 Å². The average Bonchev–Trinajstić information content (AvgIpc) is 3.18. The molecule has 9 heteroatoms. The molecule has 0 bridgehead atoms. The highest BCUT2D eigenvalue weighted by molar-refractivity contribution is 5.80. The minimum atomic E-state index is -0.324. The van der Waals surface area contributed by atoms with Crippen molar-refractivity contribution in [2.24, 2.45) is 0 Å². The van der Waals surface area contributed by atoms with E-state index in [-0.39, 0.29) is 35.9 Å². The van der Waals surface area contributed by atoms with Gasteiger partial charge < -0.3 is 19.9 Å². The van der Waals surface area contributed by atoms with Gasteiger partial charge in [-0.2, -0.15) is 0 Å². The molecule has 0 spiro atoms. The number of nitrogens with zero attached hydrogens (tertiary/aromatic N) is 4. The van der Waals surface area contributed by atoms with Crippen molar-refractivity contribution in [1.29, 1.82) is 0 Å². The summed E-state index contributed by atoms with van der Waals surface area (Å²) in [7, 11) is 5.46. The molecule has 2 amide bonds. The number of hydrogen-bond acceptors (Lipinski definition) is 7. The Morgan fingerprint density at radius 3 is 2.78 bits per heavy atom. The highest BCUT2D eigenvalue weighted by atomic mass is 16.6. The first kappa shape index (κ1) is 19.8. The SMILES string of the molecule is CO[C@@]12CC[C@@H](NC(=O)CN(C)C)C[C@@H]1N(C(=O)Cc1nonc1C)CC2. The number of nitrogens with one attached hydrogen (secondary N) is 1. The fourth-order valence-electron chi connectivity index (χ4n) is 4.34. The van der Waals surface area contributed by atoms with Crippen molar-refractivity contribution in [1.82, 2.24) is 25.4 Å². The van der Waals surface area contributed by atoms with E-state index in [0.717, 1.165) is 19.3 Å². The van der Waals surface area contributed by atoms with Gasteiger partial charge in [-0.1, -0.05) is 10.3 Å². The Bertz CT molecular complexity index is 691. The number of ether oxygens (including phenoxy) is 1. The fourth-order valence-corrected chi connectivity index (χ4v) is 4.34. The summed E-state index contributed by atoms with van der Waals surface area (Å²) in [4.78, 5) is 28.8. The lowest BCUT2D eigenvalue weighted by molar-refractivity contribution is -0.137. The summed E-state index contributed by atoms with van der Waals surface area (Å²) in [5, 5.41) is 10.7. The second-order valence-electron chi connectivity index (χ2n) is 7.87. The summed E-state index contributed by atoms with van der Waals surface area (Å²) in [6, 6.07) is 0.00292. The second-order valence-corrected chi connectivity index (χ2v) is 7.87. The van der Waals surface area contributed by atoms with E-state index in [9.17, 15) is 9.59 Å². The number of amides is 2. The molecule has 1 N–H and O–H groups in total. The number of aromatic nitrogens is 2. The summed E-state index contributed by atoms with van der Waals surface area (Å²) in [6.07, 6.45) is 3.37. The first-order valence-corrected chi connectivity index (χ1v) is 9.41. The largest absolute Gasteiger partial charge is 0.376 e. The number of aryl methyl sites for hydroxylation is 1. The van der Waals surface area contributed by atoms with Gasteiger partial charge in [0.1, 0.15) is 11.4 Å². The number of hydrogen-bond donors (Lipinski definition) is 1. The van der Waals surface area contributed by atoms with Gasteiger partial charge in [0.25, 0.3) is 0 Å². The van der Waals surface area contributed by atoms with Gasteiger partial charge in [-0.05, 0) is 46.7 Å². The Labute approximate surface area is 159 Å². The van der Waals surface area contributed by atoms with Crippen LogP contribution in [0.5, 0.6) is 0 Å². The van der Waals surface area contributed by atoms with Crippen LogP contribution in [0.3, 0.4) is 0 Å². The monoisotopic (exact) mass is 379 g/mol. The van der Waals surface area contributed by atoms with Crippen LogP contribution < -0.4 is 5.32 Å². The molecule has 3 atom stereocenters. The third kappa shape index (κ3) is 4.14. The minimum Gasteiger partial charge on any atom is -0.376 e. The number of likely N-dealkylation sites (N-methyl/N-ethyl adjacent to an activating group) is 1. The topological polar surface area (TPSA) is 101 Å². The molecule has 3 rings (SSSR count). The smallest absolute Gasteiger partial charge is 0.234 e. The van der Waals surface area contributed by atoms with E-state index >= 15 is 0 Å². The molecule has 0 unspecified atom stereocenters. The summed E-state index contributed by atoms with van der Waals surface area (Å²) in [5.41, 5.74) is 0.884. The predicted molar refractivity (Wildman–Crippen MR) is 96.9 cm³/mol. The van der Waals surface area contributed by atoms with E-state index in [1.54, 1.807) is 14.0 Å². The summed E-state index contributed by atoms with van der Waals surface area (Å²) in [6.45, 7) is 2.79. The van der Waals surface area contributed by atoms with Gasteiger partial charge >= 0.3 is 0 Å². The Morgan fingerprint density at radius 2 is 2.15 bits per heavy atom. The molecule has 27 heavy (non-hydrogen) atoms. The zero-order chi connectivity index (χ0) is 19.6. The van der Waals surface area contributed by atoms with Gasteiger partial charge in [0.2, 0.25) is 11.8 Å². The summed E-state index contributed by atoms with van der Waals surface area (Å²) >= 11 is 0. The van der Waals surface area contributed by atoms with Crippen molar-refractivity contribution in [2.45, 2.75) is 56.7 Å². The Balaban J connectivity index is 1.69. The summed E-state index contributed by atoms with van der Waals surface area (Å²) < 4.78 is 10.6. The van der Waals surface area contributed by atoms with Gasteiger partial charge in [0, 0.05) is 19.7 Å². The molecule has 1 aromatic rings. The van der Waals surface area contributed by atoms with Gasteiger partial charge in [-0.25, -0.2) is 4.63 Å². The van der Waals surface area contributed by atoms with Gasteiger partial charge in [-0.3, -0.25) is 9.59 Å². The van der Waals surface area contributed by atoms with Crippen LogP contribution in [-0.2, 0) is 20.7 Å². The molecule has 0 aromatic carbocycles. The van der Waals surface area contributed by atoms with Crippen molar-refractivity contribution < 1.29 is 19.0 Å². The van der Waals surface area contributed by atoms with Crippen molar-refractivity contribution in [3.8, 4) is 0 Å². The normalized spacial score (nSPS) is 27.7. The maximum atomic E-state index is 12.9. The standard InChI is InChI=1S/C18H29N5O4/c1-12-14(21-27-20-12)10-17(25)23-8-7-18(26-4)6-5-13(9-15(18)23)19-16(24)11-22(2)3/h13,15H,5-11H2,1-4H3,(H,19,24)/t13-,15+,18-/m1/s1. The highest BCUT2D eigenvalue weighted by Crippen LogP contribution is 2.42. The number of methoxy groups -OCH3 is 1. The molecular formula is C18H29N5O4. The molecule has 1 saturated heterocycles. The summed E-state index contributed by atoms with van der Waals surface area (Å²) in [5.74, 6) is 0.00748. The maximum Gasteiger partial charge on any atom is 0.234 e. The molecule has 1 aliphatic heterocycles. The first-order chi connectivity index (χ1) is 12.8. The molecule has 1 aliphatic carbocycles. The molecule has 0 radical (unpaired) electrons. The highest BCUT2D eigenvalue weighted by Gasteiger charge is 2.52. The van der Waals surface area contributed by atoms with Crippen LogP contribution in [0.15, 0.2) is 4.63 Å². The lowest BCUT2D eigenvalue weighted by atomic mass is 9.78. The van der Waals surface area contributed by atoms with Crippen LogP contribution in [-0.4, -0.2) is 83.9 Å². The second kappa shape index (κ2) is 7.93. The van der Waals surface area contributed by atoms with E-state index in [1.807, 2.05) is 23.9 Å². The lowest BCUT2D eigenvalue weighted by Gasteiger charge is -2.43. The Kier molecular flexibility index (Phi) is 5.81. The van der Waals surface area contributed by atoms with Gasteiger partial charge in [0.15, 0.2) is 0 Å². The molecule has 2 aliphatic rings. The third-order valence-electron chi connectivity index (χ3n) is 5.80. The molecule has 150 valence electrons. The van der Waals surface area contributed by atoms with Crippen molar-refractivity contribution in [3.05, 3.63) is 11.4 Å². The predicted octanol–water partition coefficient (Wildman–Crippen LogP) is 0.137. The van der Waals surface area contributed by atoms with Gasteiger partial charge in [-0.15, -0.1) is 0 Å². The molecule has 9 nitrogen and oxygen atoms in total. The van der Waals surface area contributed by atoms with Crippen molar-refractivity contribution in [3.63, 3.8) is 0 Å². The van der Waals surface area contributed by atoms with Crippen LogP contribution in [0.4, 0.5) is 0 Å². The maximum absolute atomic E-state index is 12.9. The molecule has 2 fully saturated rings. The number of carbonyl (C=O) groups excluding carboxylic acids is 2.